The normalized spacial score (nSPS) is 20.7. The predicted octanol–water partition coefficient (Wildman–Crippen LogP) is 1.33. The third kappa shape index (κ3) is 5.36. The van der Waals surface area contributed by atoms with Gasteiger partial charge in [-0.25, -0.2) is 0 Å². The standard InChI is InChI=1S/C20H31N3O2/c24-19-11-7-6-10-18(19)23-14-12-22(13-15-23)16-20(25)21-17-8-4-2-1-3-5-9-17/h6-7,10-11,17,24H,1-5,8-9,12-16H2,(H,21,25)/p+1. The van der Waals surface area contributed by atoms with E-state index >= 15 is 0 Å². The van der Waals surface area contributed by atoms with Crippen LogP contribution in [0.15, 0.2) is 24.3 Å². The Labute approximate surface area is 151 Å². The van der Waals surface area contributed by atoms with Crippen molar-refractivity contribution in [2.24, 2.45) is 0 Å². The van der Waals surface area contributed by atoms with Crippen LogP contribution in [-0.4, -0.2) is 49.8 Å². The van der Waals surface area contributed by atoms with Crippen molar-refractivity contribution in [1.29, 1.82) is 0 Å². The average Bonchev–Trinajstić information content (AvgIpc) is 2.58. The lowest BCUT2D eigenvalue weighted by Gasteiger charge is -2.33. The lowest BCUT2D eigenvalue weighted by atomic mass is 9.97. The smallest absolute Gasteiger partial charge is 0.275 e. The Kier molecular flexibility index (Phi) is 6.56. The van der Waals surface area contributed by atoms with Gasteiger partial charge in [-0.3, -0.25) is 4.79 Å². The van der Waals surface area contributed by atoms with Crippen molar-refractivity contribution in [3.63, 3.8) is 0 Å². The number of quaternary nitrogens is 1. The van der Waals surface area contributed by atoms with Crippen molar-refractivity contribution in [3.05, 3.63) is 24.3 Å². The zero-order valence-electron chi connectivity index (χ0n) is 15.2. The van der Waals surface area contributed by atoms with E-state index in [9.17, 15) is 9.90 Å². The van der Waals surface area contributed by atoms with Crippen LogP contribution in [-0.2, 0) is 4.79 Å². The molecule has 0 bridgehead atoms. The maximum absolute atomic E-state index is 12.4. The Balaban J connectivity index is 1.42. The van der Waals surface area contributed by atoms with Crippen molar-refractivity contribution in [3.8, 4) is 5.75 Å². The van der Waals surface area contributed by atoms with Crippen LogP contribution in [0.1, 0.15) is 44.9 Å². The molecule has 3 N–H and O–H groups in total. The highest BCUT2D eigenvalue weighted by atomic mass is 16.3. The summed E-state index contributed by atoms with van der Waals surface area (Å²) in [4.78, 5) is 16.0. The van der Waals surface area contributed by atoms with E-state index in [2.05, 4.69) is 10.2 Å². The molecule has 138 valence electrons. The van der Waals surface area contributed by atoms with Gasteiger partial charge in [0.15, 0.2) is 6.54 Å². The van der Waals surface area contributed by atoms with E-state index in [1.54, 1.807) is 6.07 Å². The lowest BCUT2D eigenvalue weighted by molar-refractivity contribution is -0.892. The molecule has 1 aromatic carbocycles. The number of rotatable bonds is 4. The fourth-order valence-corrected chi connectivity index (χ4v) is 4.08. The van der Waals surface area contributed by atoms with Gasteiger partial charge in [-0.2, -0.15) is 0 Å². The number of benzene rings is 1. The first kappa shape index (κ1) is 18.1. The number of piperazine rings is 1. The number of anilines is 1. The lowest BCUT2D eigenvalue weighted by Crippen LogP contribution is -3.16. The molecule has 1 aliphatic carbocycles. The molecular formula is C20H32N3O2+. The first-order chi connectivity index (χ1) is 12.2. The maximum Gasteiger partial charge on any atom is 0.275 e. The number of amides is 1. The molecule has 0 spiro atoms. The van der Waals surface area contributed by atoms with Crippen LogP contribution >= 0.6 is 0 Å². The van der Waals surface area contributed by atoms with Gasteiger partial charge in [0.05, 0.1) is 31.9 Å². The first-order valence-corrected chi connectivity index (χ1v) is 9.88. The van der Waals surface area contributed by atoms with Gasteiger partial charge in [0.25, 0.3) is 5.91 Å². The van der Waals surface area contributed by atoms with Crippen molar-refractivity contribution < 1.29 is 14.8 Å². The Morgan fingerprint density at radius 3 is 2.40 bits per heavy atom. The van der Waals surface area contributed by atoms with Gasteiger partial charge in [-0.1, -0.05) is 44.2 Å². The highest BCUT2D eigenvalue weighted by Crippen LogP contribution is 2.25. The zero-order valence-corrected chi connectivity index (χ0v) is 15.2. The minimum Gasteiger partial charge on any atom is -0.506 e. The highest BCUT2D eigenvalue weighted by Gasteiger charge is 2.24. The molecule has 1 amide bonds. The van der Waals surface area contributed by atoms with Crippen molar-refractivity contribution in [1.82, 2.24) is 5.32 Å². The van der Waals surface area contributed by atoms with Crippen LogP contribution < -0.4 is 15.1 Å². The molecule has 1 heterocycles. The summed E-state index contributed by atoms with van der Waals surface area (Å²) in [5.41, 5.74) is 0.903. The second-order valence-electron chi connectivity index (χ2n) is 7.51. The summed E-state index contributed by atoms with van der Waals surface area (Å²) in [6.45, 7) is 4.21. The largest absolute Gasteiger partial charge is 0.506 e. The van der Waals surface area contributed by atoms with Gasteiger partial charge in [-0.15, -0.1) is 0 Å². The molecule has 3 rings (SSSR count). The zero-order chi connectivity index (χ0) is 17.5. The molecule has 1 saturated carbocycles. The second kappa shape index (κ2) is 9.09. The van der Waals surface area contributed by atoms with Crippen molar-refractivity contribution in [2.75, 3.05) is 37.6 Å². The molecule has 25 heavy (non-hydrogen) atoms. The first-order valence-electron chi connectivity index (χ1n) is 9.88. The number of nitrogens with one attached hydrogen (secondary N) is 2. The fourth-order valence-electron chi connectivity index (χ4n) is 4.08. The van der Waals surface area contributed by atoms with Gasteiger partial charge < -0.3 is 20.2 Å². The summed E-state index contributed by atoms with van der Waals surface area (Å²) < 4.78 is 0. The van der Waals surface area contributed by atoms with E-state index in [-0.39, 0.29) is 5.91 Å². The summed E-state index contributed by atoms with van der Waals surface area (Å²) in [7, 11) is 0. The fraction of sp³-hybridized carbons (Fsp3) is 0.650. The number of hydrogen-bond acceptors (Lipinski definition) is 3. The molecule has 5 nitrogen and oxygen atoms in total. The van der Waals surface area contributed by atoms with Gasteiger partial charge >= 0.3 is 0 Å². The van der Waals surface area contributed by atoms with Crippen LogP contribution in [0.25, 0.3) is 0 Å². The second-order valence-corrected chi connectivity index (χ2v) is 7.51. The van der Waals surface area contributed by atoms with Crippen molar-refractivity contribution >= 4 is 11.6 Å². The summed E-state index contributed by atoms with van der Waals surface area (Å²) in [6.07, 6.45) is 8.75. The van der Waals surface area contributed by atoms with E-state index in [0.717, 1.165) is 44.7 Å². The van der Waals surface area contributed by atoms with E-state index in [0.29, 0.717) is 18.3 Å². The Morgan fingerprint density at radius 1 is 1.08 bits per heavy atom. The van der Waals surface area contributed by atoms with E-state index in [1.165, 1.54) is 37.0 Å². The number of hydrogen-bond donors (Lipinski definition) is 3. The van der Waals surface area contributed by atoms with Crippen LogP contribution in [0.5, 0.6) is 5.75 Å². The summed E-state index contributed by atoms with van der Waals surface area (Å²) in [6, 6.07) is 7.88. The molecular weight excluding hydrogens is 314 g/mol. The highest BCUT2D eigenvalue weighted by molar-refractivity contribution is 5.77. The Hall–Kier alpha value is -1.75. The van der Waals surface area contributed by atoms with E-state index in [1.807, 2.05) is 18.2 Å². The van der Waals surface area contributed by atoms with Crippen LogP contribution in [0.2, 0.25) is 0 Å². The van der Waals surface area contributed by atoms with E-state index < -0.39 is 0 Å². The number of carbonyl (C=O) groups is 1. The number of phenols is 1. The summed E-state index contributed by atoms with van der Waals surface area (Å²) >= 11 is 0. The molecule has 0 aromatic heterocycles. The SMILES string of the molecule is O=C(C[NH+]1CCN(c2ccccc2O)CC1)NC1CCCCCCC1. The van der Waals surface area contributed by atoms with Crippen molar-refractivity contribution in [2.45, 2.75) is 51.0 Å². The van der Waals surface area contributed by atoms with Gasteiger partial charge in [0, 0.05) is 6.04 Å². The van der Waals surface area contributed by atoms with Gasteiger partial charge in [-0.05, 0) is 25.0 Å². The van der Waals surface area contributed by atoms with Gasteiger partial charge in [0.2, 0.25) is 0 Å². The minimum atomic E-state index is 0.205. The number of phenolic OH excluding ortho intramolecular Hbond substituents is 1. The Bertz CT molecular complexity index is 548. The molecule has 0 unspecified atom stereocenters. The molecule has 2 aliphatic rings. The maximum atomic E-state index is 12.4. The van der Waals surface area contributed by atoms with Crippen LogP contribution in [0.3, 0.4) is 0 Å². The molecule has 1 aliphatic heterocycles. The quantitative estimate of drug-likeness (QED) is 0.771. The number of nitrogens with zero attached hydrogens (tertiary/aromatic N) is 1. The van der Waals surface area contributed by atoms with Crippen LogP contribution in [0, 0.1) is 0 Å². The molecule has 0 radical (unpaired) electrons. The molecule has 5 heteroatoms. The third-order valence-electron chi connectivity index (χ3n) is 5.57. The summed E-state index contributed by atoms with van der Waals surface area (Å²) in [5, 5.41) is 13.3. The number of aromatic hydroxyl groups is 1. The minimum absolute atomic E-state index is 0.205. The summed E-state index contributed by atoms with van der Waals surface area (Å²) in [5.74, 6) is 0.546. The molecule has 0 atom stereocenters. The molecule has 1 aromatic rings. The van der Waals surface area contributed by atoms with Crippen LogP contribution in [0.4, 0.5) is 5.69 Å². The Morgan fingerprint density at radius 2 is 1.72 bits per heavy atom. The topological polar surface area (TPSA) is 57.0 Å². The van der Waals surface area contributed by atoms with E-state index in [4.69, 9.17) is 0 Å². The molecule has 1 saturated heterocycles. The van der Waals surface area contributed by atoms with Gasteiger partial charge in [0.1, 0.15) is 5.75 Å². The third-order valence-corrected chi connectivity index (χ3v) is 5.57. The monoisotopic (exact) mass is 346 g/mol. The predicted molar refractivity (Wildman–Crippen MR) is 100 cm³/mol. The number of carbonyl (C=O) groups excluding carboxylic acids is 1. The molecule has 2 fully saturated rings. The number of para-hydroxylation sites is 2. The average molecular weight is 346 g/mol.